The molecule has 12 heteroatoms. The second kappa shape index (κ2) is 15.9. The van der Waals surface area contributed by atoms with Crippen molar-refractivity contribution in [2.45, 2.75) is 89.7 Å². The molecule has 40 heavy (non-hydrogen) atoms. The van der Waals surface area contributed by atoms with Crippen molar-refractivity contribution in [2.24, 2.45) is 5.92 Å². The molecule has 1 unspecified atom stereocenters. The Morgan fingerprint density at radius 2 is 1.82 bits per heavy atom. The molecule has 1 aromatic rings. The number of halogens is 2. The molecule has 2 saturated heterocycles. The van der Waals surface area contributed by atoms with E-state index in [0.717, 1.165) is 24.8 Å². The summed E-state index contributed by atoms with van der Waals surface area (Å²) >= 11 is 0. The Hall–Kier alpha value is -2.75. The van der Waals surface area contributed by atoms with Gasteiger partial charge in [0.1, 0.15) is 24.9 Å². The van der Waals surface area contributed by atoms with Crippen molar-refractivity contribution in [3.05, 3.63) is 35.9 Å². The molecule has 222 valence electrons. The number of alkyl halides is 2. The first kappa shape index (κ1) is 33.5. The van der Waals surface area contributed by atoms with Crippen LogP contribution in [0.25, 0.3) is 0 Å². The summed E-state index contributed by atoms with van der Waals surface area (Å²) in [6.07, 6.45) is 0.266. The molecule has 0 saturated carbocycles. The molecule has 0 bridgehead atoms. The lowest BCUT2D eigenvalue weighted by Gasteiger charge is -2.36. The van der Waals surface area contributed by atoms with Crippen molar-refractivity contribution >= 4 is 19.1 Å². The minimum Gasteiger partial charge on any atom is -0.447 e. The van der Waals surface area contributed by atoms with Gasteiger partial charge >= 0.3 is 13.2 Å². The molecule has 0 aliphatic carbocycles. The van der Waals surface area contributed by atoms with Crippen LogP contribution in [0.2, 0.25) is 0 Å². The Kier molecular flexibility index (Phi) is 13.3. The van der Waals surface area contributed by atoms with Crippen LogP contribution in [0.3, 0.4) is 0 Å². The molecular formula is C28H43BF2N4O5. The highest BCUT2D eigenvalue weighted by Gasteiger charge is 2.39. The summed E-state index contributed by atoms with van der Waals surface area (Å²) in [7, 11) is -1.74. The number of nitriles is 1. The van der Waals surface area contributed by atoms with Gasteiger partial charge < -0.3 is 25.0 Å². The van der Waals surface area contributed by atoms with E-state index in [1.807, 2.05) is 62.1 Å². The van der Waals surface area contributed by atoms with E-state index < -0.39 is 37.4 Å². The number of carbonyl (C=O) groups is 2. The van der Waals surface area contributed by atoms with Crippen LogP contribution >= 0.6 is 0 Å². The Balaban J connectivity index is 0.000000389. The topological polar surface area (TPSA) is 126 Å². The van der Waals surface area contributed by atoms with Gasteiger partial charge in [-0.25, -0.2) is 13.6 Å². The molecule has 0 spiro atoms. The van der Waals surface area contributed by atoms with Crippen LogP contribution in [0.5, 0.6) is 0 Å². The fourth-order valence-corrected chi connectivity index (χ4v) is 4.67. The summed E-state index contributed by atoms with van der Waals surface area (Å²) in [4.78, 5) is 28.0. The van der Waals surface area contributed by atoms with E-state index in [2.05, 4.69) is 5.32 Å². The van der Waals surface area contributed by atoms with Crippen molar-refractivity contribution in [2.75, 3.05) is 26.2 Å². The van der Waals surface area contributed by atoms with Gasteiger partial charge in [-0.15, -0.1) is 0 Å². The number of nitrogens with zero attached hydrogens (tertiary/aromatic N) is 3. The van der Waals surface area contributed by atoms with Crippen molar-refractivity contribution in [3.63, 3.8) is 0 Å². The average molecular weight is 564 g/mol. The highest BCUT2D eigenvalue weighted by atomic mass is 19.2. The van der Waals surface area contributed by atoms with Gasteiger partial charge in [-0.1, -0.05) is 37.3 Å². The number of amides is 2. The summed E-state index contributed by atoms with van der Waals surface area (Å²) < 4.78 is 30.9. The monoisotopic (exact) mass is 564 g/mol. The van der Waals surface area contributed by atoms with Crippen LogP contribution in [0, 0.1) is 17.2 Å². The van der Waals surface area contributed by atoms with E-state index in [4.69, 9.17) is 10.00 Å². The van der Waals surface area contributed by atoms with Crippen LogP contribution in [-0.2, 0) is 16.0 Å². The normalized spacial score (nSPS) is 22.8. The quantitative estimate of drug-likeness (QED) is 0.394. The number of ether oxygens (including phenoxy) is 1. The highest BCUT2D eigenvalue weighted by molar-refractivity contribution is 6.43. The van der Waals surface area contributed by atoms with Crippen molar-refractivity contribution in [1.82, 2.24) is 15.1 Å². The molecule has 2 aliphatic rings. The molecule has 2 fully saturated rings. The molecule has 3 N–H and O–H groups in total. The molecule has 0 radical (unpaired) electrons. The number of likely N-dealkylation sites (tertiary alicyclic amines) is 2. The first-order valence-corrected chi connectivity index (χ1v) is 14.0. The molecular weight excluding hydrogens is 521 g/mol. The van der Waals surface area contributed by atoms with Gasteiger partial charge in [0.15, 0.2) is 0 Å². The van der Waals surface area contributed by atoms with E-state index in [9.17, 15) is 28.4 Å². The zero-order chi connectivity index (χ0) is 29.9. The molecule has 2 aliphatic heterocycles. The average Bonchev–Trinajstić information content (AvgIpc) is 3.30. The number of piperidine rings is 1. The fraction of sp³-hybridized carbons (Fsp3) is 0.679. The molecule has 2 amide bonds. The van der Waals surface area contributed by atoms with Crippen LogP contribution in [0.15, 0.2) is 30.3 Å². The largest absolute Gasteiger partial charge is 0.475 e. The van der Waals surface area contributed by atoms with Crippen LogP contribution in [0.1, 0.15) is 58.9 Å². The van der Waals surface area contributed by atoms with Crippen molar-refractivity contribution in [1.29, 1.82) is 5.26 Å². The summed E-state index contributed by atoms with van der Waals surface area (Å²) in [5, 5.41) is 30.5. The van der Waals surface area contributed by atoms with Crippen LogP contribution < -0.4 is 5.32 Å². The zero-order valence-corrected chi connectivity index (χ0v) is 23.9. The smallest absolute Gasteiger partial charge is 0.447 e. The minimum absolute atomic E-state index is 0.00466. The lowest BCUT2D eigenvalue weighted by atomic mass is 9.76. The van der Waals surface area contributed by atoms with E-state index in [1.165, 1.54) is 0 Å². The number of hydrogen-bond donors (Lipinski definition) is 3. The lowest BCUT2D eigenvalue weighted by Crippen LogP contribution is -2.51. The van der Waals surface area contributed by atoms with Crippen molar-refractivity contribution in [3.8, 4) is 6.07 Å². The maximum atomic E-state index is 12.8. The van der Waals surface area contributed by atoms with Gasteiger partial charge in [0.05, 0.1) is 18.1 Å². The van der Waals surface area contributed by atoms with Gasteiger partial charge in [0, 0.05) is 25.2 Å². The molecule has 0 aromatic heterocycles. The molecule has 9 nitrogen and oxygen atoms in total. The number of hydrogen-bond acceptors (Lipinski definition) is 7. The van der Waals surface area contributed by atoms with Gasteiger partial charge in [0.25, 0.3) is 0 Å². The number of benzene rings is 1. The van der Waals surface area contributed by atoms with Crippen molar-refractivity contribution < 1.29 is 33.2 Å². The first-order chi connectivity index (χ1) is 18.9. The molecule has 2 heterocycles. The fourth-order valence-electron chi connectivity index (χ4n) is 4.67. The Bertz CT molecular complexity index is 971. The highest BCUT2D eigenvalue weighted by Crippen LogP contribution is 2.27. The summed E-state index contributed by atoms with van der Waals surface area (Å²) in [5.74, 6) is -1.92. The maximum Gasteiger partial charge on any atom is 0.475 e. The Morgan fingerprint density at radius 3 is 2.38 bits per heavy atom. The van der Waals surface area contributed by atoms with E-state index in [1.54, 1.807) is 11.8 Å². The van der Waals surface area contributed by atoms with Crippen LogP contribution in [-0.4, -0.2) is 95.1 Å². The third-order valence-electron chi connectivity index (χ3n) is 7.75. The molecule has 1 aromatic carbocycles. The van der Waals surface area contributed by atoms with Gasteiger partial charge in [-0.2, -0.15) is 5.26 Å². The van der Waals surface area contributed by atoms with E-state index in [0.29, 0.717) is 13.0 Å². The zero-order valence-electron chi connectivity index (χ0n) is 23.9. The number of alkyl carbamates (subject to hydrolysis) is 1. The van der Waals surface area contributed by atoms with Crippen LogP contribution in [0.4, 0.5) is 13.6 Å². The summed E-state index contributed by atoms with van der Waals surface area (Å²) in [5.41, 5.74) is 0.779. The molecule has 5 atom stereocenters. The number of carbonyl (C=O) groups excluding carboxylic acids is 2. The van der Waals surface area contributed by atoms with Gasteiger partial charge in [-0.3, -0.25) is 9.69 Å². The summed E-state index contributed by atoms with van der Waals surface area (Å²) in [6, 6.07) is 10.8. The standard InChI is InChI=1S/C19H26BN3O5.C9H17F2N/c1-14(12-21)18(24)23-10-6-5-9-16(23)13-28-19(25)22-17(20(26)27)11-15-7-3-2-4-8-15;1-4-9(2,3)12-5-7(10)8(11)6-12/h2-4,7-8,14,16-17,26-27H,5-6,9-11,13H2,1H3,(H,22,25);7-8H,4-6H2,1-3H3/t14?,16-,17+;7-,8+/m1./s1. The van der Waals surface area contributed by atoms with Gasteiger partial charge in [0.2, 0.25) is 5.91 Å². The predicted molar refractivity (Wildman–Crippen MR) is 148 cm³/mol. The molecule has 3 rings (SSSR count). The number of rotatable bonds is 9. The third-order valence-corrected chi connectivity index (χ3v) is 7.75. The summed E-state index contributed by atoms with van der Waals surface area (Å²) in [6.45, 7) is 8.68. The Morgan fingerprint density at radius 1 is 1.20 bits per heavy atom. The predicted octanol–water partition coefficient (Wildman–Crippen LogP) is 3.04. The maximum absolute atomic E-state index is 12.8. The van der Waals surface area contributed by atoms with E-state index >= 15 is 0 Å². The van der Waals surface area contributed by atoms with Gasteiger partial charge in [-0.05, 0) is 58.4 Å². The Labute approximate surface area is 236 Å². The second-order valence-corrected chi connectivity index (χ2v) is 11.1. The first-order valence-electron chi connectivity index (χ1n) is 14.0. The number of nitrogens with one attached hydrogen (secondary N) is 1. The van der Waals surface area contributed by atoms with E-state index in [-0.39, 0.29) is 43.6 Å². The second-order valence-electron chi connectivity index (χ2n) is 11.1. The third kappa shape index (κ3) is 10.0. The SMILES string of the molecule is CC(C#N)C(=O)N1CCCC[C@@H]1COC(=O)N[C@@H](Cc1ccccc1)B(O)O.CCC(C)(C)N1C[C@@H](F)[C@@H](F)C1. The minimum atomic E-state index is -1.74. The lowest BCUT2D eigenvalue weighted by molar-refractivity contribution is -0.138.